The highest BCUT2D eigenvalue weighted by Gasteiger charge is 2.23. The average Bonchev–Trinajstić information content (AvgIpc) is 2.52. The molecule has 17 heavy (non-hydrogen) atoms. The Hall–Kier alpha value is -1.29. The molecule has 5 heteroatoms. The summed E-state index contributed by atoms with van der Waals surface area (Å²) in [6.07, 6.45) is 0. The van der Waals surface area contributed by atoms with Crippen LogP contribution in [0.2, 0.25) is 0 Å². The van der Waals surface area contributed by atoms with Crippen LogP contribution in [0.3, 0.4) is 0 Å². The normalized spacial score (nSPS) is 14.4. The molecule has 94 valence electrons. The molecule has 0 fully saturated rings. The fourth-order valence-corrected chi connectivity index (χ4v) is 2.08. The number of ketones is 1. The predicted molar refractivity (Wildman–Crippen MR) is 67.5 cm³/mol. The number of amides is 1. The SMILES string of the molecule is Cc1cc(C(=O)C(C)Cl)c(C)n1C(C)C(N)=O. The van der Waals surface area contributed by atoms with Gasteiger partial charge in [0.05, 0.1) is 5.38 Å². The summed E-state index contributed by atoms with van der Waals surface area (Å²) in [5, 5.41) is -0.576. The first-order valence-electron chi connectivity index (χ1n) is 5.43. The topological polar surface area (TPSA) is 65.1 Å². The molecule has 4 nitrogen and oxygen atoms in total. The highest BCUT2D eigenvalue weighted by molar-refractivity contribution is 6.33. The van der Waals surface area contributed by atoms with Crippen molar-refractivity contribution >= 4 is 23.3 Å². The molecule has 2 atom stereocenters. The van der Waals surface area contributed by atoms with E-state index >= 15 is 0 Å². The lowest BCUT2D eigenvalue weighted by atomic mass is 10.1. The summed E-state index contributed by atoms with van der Waals surface area (Å²) in [7, 11) is 0. The van der Waals surface area contributed by atoms with E-state index in [2.05, 4.69) is 0 Å². The van der Waals surface area contributed by atoms with E-state index in [9.17, 15) is 9.59 Å². The molecule has 2 unspecified atom stereocenters. The quantitative estimate of drug-likeness (QED) is 0.661. The Labute approximate surface area is 106 Å². The predicted octanol–water partition coefficient (Wildman–Crippen LogP) is 1.96. The first-order chi connectivity index (χ1) is 7.77. The molecule has 1 aromatic heterocycles. The van der Waals surface area contributed by atoms with Gasteiger partial charge in [0.15, 0.2) is 5.78 Å². The van der Waals surface area contributed by atoms with Crippen LogP contribution < -0.4 is 5.73 Å². The molecular formula is C12H17ClN2O2. The van der Waals surface area contributed by atoms with E-state index in [1.54, 1.807) is 31.4 Å². The third-order valence-electron chi connectivity index (χ3n) is 2.91. The van der Waals surface area contributed by atoms with Gasteiger partial charge in [0.25, 0.3) is 0 Å². The van der Waals surface area contributed by atoms with E-state index < -0.39 is 17.3 Å². The monoisotopic (exact) mass is 256 g/mol. The van der Waals surface area contributed by atoms with Gasteiger partial charge in [-0.05, 0) is 33.8 Å². The lowest BCUT2D eigenvalue weighted by molar-refractivity contribution is -0.120. The zero-order valence-corrected chi connectivity index (χ0v) is 11.2. The third-order valence-corrected chi connectivity index (χ3v) is 3.11. The minimum absolute atomic E-state index is 0.136. The molecule has 1 rings (SSSR count). The van der Waals surface area contributed by atoms with E-state index in [1.165, 1.54) is 0 Å². The number of alkyl halides is 1. The van der Waals surface area contributed by atoms with Crippen LogP contribution in [-0.4, -0.2) is 21.6 Å². The number of nitrogens with two attached hydrogens (primary N) is 1. The number of carbonyl (C=O) groups is 2. The third kappa shape index (κ3) is 2.52. The molecule has 2 N–H and O–H groups in total. The maximum Gasteiger partial charge on any atom is 0.240 e. The number of aryl methyl sites for hydroxylation is 1. The van der Waals surface area contributed by atoms with Crippen molar-refractivity contribution in [3.05, 3.63) is 23.0 Å². The lowest BCUT2D eigenvalue weighted by Gasteiger charge is -2.15. The summed E-state index contributed by atoms with van der Waals surface area (Å²) in [6.45, 7) is 6.97. The van der Waals surface area contributed by atoms with Crippen LogP contribution in [0.15, 0.2) is 6.07 Å². The summed E-state index contributed by atoms with van der Waals surface area (Å²) in [5.41, 5.74) is 7.39. The summed E-state index contributed by atoms with van der Waals surface area (Å²) in [5.74, 6) is -0.563. The molecule has 0 saturated heterocycles. The molecule has 0 aliphatic heterocycles. The van der Waals surface area contributed by atoms with Crippen LogP contribution in [-0.2, 0) is 4.79 Å². The van der Waals surface area contributed by atoms with Crippen molar-refractivity contribution in [3.63, 3.8) is 0 Å². The fraction of sp³-hybridized carbons (Fsp3) is 0.500. The summed E-state index contributed by atoms with van der Waals surface area (Å²) >= 11 is 5.79. The largest absolute Gasteiger partial charge is 0.368 e. The second-order valence-electron chi connectivity index (χ2n) is 4.21. The molecule has 0 aliphatic carbocycles. The van der Waals surface area contributed by atoms with Gasteiger partial charge in [-0.3, -0.25) is 9.59 Å². The first-order valence-corrected chi connectivity index (χ1v) is 5.87. The average molecular weight is 257 g/mol. The second-order valence-corrected chi connectivity index (χ2v) is 4.87. The van der Waals surface area contributed by atoms with Crippen molar-refractivity contribution in [1.29, 1.82) is 0 Å². The number of carbonyl (C=O) groups excluding carboxylic acids is 2. The molecule has 1 amide bonds. The van der Waals surface area contributed by atoms with Crippen LogP contribution in [0.5, 0.6) is 0 Å². The van der Waals surface area contributed by atoms with Gasteiger partial charge in [0, 0.05) is 17.0 Å². The molecule has 0 aliphatic rings. The summed E-state index contributed by atoms with van der Waals surface area (Å²) in [6, 6.07) is 1.28. The number of primary amides is 1. The Morgan fingerprint density at radius 1 is 1.35 bits per heavy atom. The van der Waals surface area contributed by atoms with Crippen molar-refractivity contribution in [2.75, 3.05) is 0 Å². The molecule has 1 heterocycles. The lowest BCUT2D eigenvalue weighted by Crippen LogP contribution is -2.25. The van der Waals surface area contributed by atoms with Crippen molar-refractivity contribution in [3.8, 4) is 0 Å². The molecular weight excluding hydrogens is 240 g/mol. The number of Topliss-reactive ketones (excluding diaryl/α,β-unsaturated/α-hetero) is 1. The number of hydrogen-bond donors (Lipinski definition) is 1. The first kappa shape index (κ1) is 13.8. The highest BCUT2D eigenvalue weighted by atomic mass is 35.5. The minimum Gasteiger partial charge on any atom is -0.368 e. The smallest absolute Gasteiger partial charge is 0.240 e. The number of rotatable bonds is 4. The van der Waals surface area contributed by atoms with Gasteiger partial charge in [-0.25, -0.2) is 0 Å². The number of nitrogens with zero attached hydrogens (tertiary/aromatic N) is 1. The summed E-state index contributed by atoms with van der Waals surface area (Å²) < 4.78 is 1.76. The van der Waals surface area contributed by atoms with Crippen LogP contribution in [0.4, 0.5) is 0 Å². The molecule has 0 bridgehead atoms. The van der Waals surface area contributed by atoms with E-state index in [0.717, 1.165) is 11.4 Å². The number of hydrogen-bond acceptors (Lipinski definition) is 2. The van der Waals surface area contributed by atoms with E-state index in [1.807, 2.05) is 6.92 Å². The Morgan fingerprint density at radius 2 is 1.88 bits per heavy atom. The molecule has 0 aromatic carbocycles. The van der Waals surface area contributed by atoms with Crippen LogP contribution in [0.25, 0.3) is 0 Å². The van der Waals surface area contributed by atoms with Gasteiger partial charge in [-0.1, -0.05) is 0 Å². The Bertz CT molecular complexity index is 463. The second kappa shape index (κ2) is 4.92. The van der Waals surface area contributed by atoms with Gasteiger partial charge in [0.2, 0.25) is 5.91 Å². The highest BCUT2D eigenvalue weighted by Crippen LogP contribution is 2.22. The molecule has 1 aromatic rings. The van der Waals surface area contributed by atoms with E-state index in [0.29, 0.717) is 5.56 Å². The minimum atomic E-state index is -0.576. The van der Waals surface area contributed by atoms with Crippen molar-refractivity contribution in [2.45, 2.75) is 39.1 Å². The van der Waals surface area contributed by atoms with Gasteiger partial charge in [0.1, 0.15) is 6.04 Å². The van der Waals surface area contributed by atoms with Crippen molar-refractivity contribution < 1.29 is 9.59 Å². The van der Waals surface area contributed by atoms with E-state index in [4.69, 9.17) is 17.3 Å². The zero-order valence-electron chi connectivity index (χ0n) is 10.5. The number of aromatic nitrogens is 1. The van der Waals surface area contributed by atoms with Gasteiger partial charge >= 0.3 is 0 Å². The Morgan fingerprint density at radius 3 is 2.29 bits per heavy atom. The fourth-order valence-electron chi connectivity index (χ4n) is 1.96. The molecule has 0 radical (unpaired) electrons. The number of halogens is 1. The zero-order chi connectivity index (χ0) is 13.3. The maximum absolute atomic E-state index is 11.9. The van der Waals surface area contributed by atoms with Crippen molar-refractivity contribution in [2.24, 2.45) is 5.73 Å². The molecule has 0 spiro atoms. The Kier molecular flexibility index (Phi) is 3.98. The van der Waals surface area contributed by atoms with Crippen LogP contribution in [0.1, 0.15) is 41.6 Å². The van der Waals surface area contributed by atoms with Gasteiger partial charge in [-0.15, -0.1) is 11.6 Å². The van der Waals surface area contributed by atoms with Crippen LogP contribution in [0, 0.1) is 13.8 Å². The van der Waals surface area contributed by atoms with Crippen LogP contribution >= 0.6 is 11.6 Å². The maximum atomic E-state index is 11.9. The van der Waals surface area contributed by atoms with Crippen molar-refractivity contribution in [1.82, 2.24) is 4.57 Å². The standard InChI is InChI=1S/C12H17ClN2O2/c1-6-5-10(11(16)7(2)13)8(3)15(6)9(4)12(14)17/h5,7,9H,1-4H3,(H2,14,17). The van der Waals surface area contributed by atoms with E-state index in [-0.39, 0.29) is 5.78 Å². The Balaban J connectivity index is 3.28. The van der Waals surface area contributed by atoms with Gasteiger partial charge in [-0.2, -0.15) is 0 Å². The van der Waals surface area contributed by atoms with Gasteiger partial charge < -0.3 is 10.3 Å². The summed E-state index contributed by atoms with van der Waals surface area (Å²) in [4.78, 5) is 23.1. The molecule has 0 saturated carbocycles.